The van der Waals surface area contributed by atoms with E-state index in [1.807, 2.05) is 0 Å². The van der Waals surface area contributed by atoms with Gasteiger partial charge >= 0.3 is 0 Å². The van der Waals surface area contributed by atoms with E-state index in [4.69, 9.17) is 0 Å². The topological polar surface area (TPSA) is 44.0 Å². The zero-order valence-corrected chi connectivity index (χ0v) is 14.0. The summed E-state index contributed by atoms with van der Waals surface area (Å²) in [4.78, 5) is 2.63. The number of aryl methyl sites for hydroxylation is 2. The van der Waals surface area contributed by atoms with Crippen LogP contribution < -0.4 is 5.32 Å². The molecule has 0 saturated carbocycles. The molecule has 0 aromatic carbocycles. The van der Waals surface area contributed by atoms with Crippen LogP contribution in [0.1, 0.15) is 56.0 Å². The summed E-state index contributed by atoms with van der Waals surface area (Å²) in [5.41, 5.74) is 3.78. The average Bonchev–Trinajstić information content (AvgIpc) is 2.68. The summed E-state index contributed by atoms with van der Waals surface area (Å²) in [6.45, 7) is 11.4. The van der Waals surface area contributed by atoms with Crippen LogP contribution in [0.5, 0.6) is 0 Å². The van der Waals surface area contributed by atoms with Crippen molar-refractivity contribution >= 4 is 0 Å². The molecule has 21 heavy (non-hydrogen) atoms. The molecule has 1 aliphatic rings. The van der Waals surface area contributed by atoms with E-state index in [9.17, 15) is 0 Å². The molecule has 2 N–H and O–H groups in total. The van der Waals surface area contributed by atoms with Crippen LogP contribution in [0, 0.1) is 13.8 Å². The minimum Gasteiger partial charge on any atom is -0.313 e. The molecule has 1 fully saturated rings. The van der Waals surface area contributed by atoms with Crippen molar-refractivity contribution in [3.63, 3.8) is 0 Å². The molecule has 1 atom stereocenters. The molecule has 0 radical (unpaired) electrons. The van der Waals surface area contributed by atoms with E-state index in [0.29, 0.717) is 6.04 Å². The van der Waals surface area contributed by atoms with Crippen LogP contribution in [0.3, 0.4) is 0 Å². The molecule has 1 aromatic rings. The monoisotopic (exact) mass is 292 g/mol. The molecule has 2 heterocycles. The van der Waals surface area contributed by atoms with Crippen molar-refractivity contribution in [2.45, 2.75) is 65.3 Å². The van der Waals surface area contributed by atoms with Crippen molar-refractivity contribution in [3.8, 4) is 0 Å². The molecule has 1 saturated heterocycles. The van der Waals surface area contributed by atoms with Gasteiger partial charge in [-0.2, -0.15) is 5.10 Å². The second-order valence-corrected chi connectivity index (χ2v) is 6.59. The summed E-state index contributed by atoms with van der Waals surface area (Å²) in [5.74, 6) is 0. The first-order chi connectivity index (χ1) is 10.2. The molecule has 0 unspecified atom stereocenters. The van der Waals surface area contributed by atoms with Gasteiger partial charge in [-0.15, -0.1) is 0 Å². The molecule has 4 nitrogen and oxygen atoms in total. The van der Waals surface area contributed by atoms with Gasteiger partial charge in [0.25, 0.3) is 0 Å². The lowest BCUT2D eigenvalue weighted by atomic mass is 10.1. The van der Waals surface area contributed by atoms with Gasteiger partial charge in [0.2, 0.25) is 0 Å². The predicted molar refractivity (Wildman–Crippen MR) is 88.8 cm³/mol. The molecule has 120 valence electrons. The first-order valence-electron chi connectivity index (χ1n) is 8.63. The Hall–Kier alpha value is -0.870. The maximum atomic E-state index is 4.26. The fourth-order valence-corrected chi connectivity index (χ4v) is 3.33. The molecular weight excluding hydrogens is 260 g/mol. The molecule has 0 bridgehead atoms. The Bertz CT molecular complexity index is 385. The van der Waals surface area contributed by atoms with Gasteiger partial charge in [0.1, 0.15) is 0 Å². The highest BCUT2D eigenvalue weighted by molar-refractivity contribution is 5.23. The van der Waals surface area contributed by atoms with Crippen molar-refractivity contribution in [1.82, 2.24) is 20.4 Å². The Morgan fingerprint density at radius 1 is 1.19 bits per heavy atom. The van der Waals surface area contributed by atoms with Crippen molar-refractivity contribution in [2.75, 3.05) is 26.2 Å². The van der Waals surface area contributed by atoms with Crippen molar-refractivity contribution in [2.24, 2.45) is 0 Å². The lowest BCUT2D eigenvalue weighted by Crippen LogP contribution is -2.40. The van der Waals surface area contributed by atoms with Crippen molar-refractivity contribution in [3.05, 3.63) is 17.0 Å². The lowest BCUT2D eigenvalue weighted by Gasteiger charge is -2.24. The summed E-state index contributed by atoms with van der Waals surface area (Å²) in [6.07, 6.45) is 7.91. The van der Waals surface area contributed by atoms with E-state index in [1.165, 1.54) is 63.0 Å². The van der Waals surface area contributed by atoms with Gasteiger partial charge in [-0.3, -0.25) is 5.10 Å². The zero-order chi connectivity index (χ0) is 15.1. The van der Waals surface area contributed by atoms with Gasteiger partial charge in [0, 0.05) is 18.3 Å². The quantitative estimate of drug-likeness (QED) is 0.760. The standard InChI is InChI=1S/C17H32N4/c1-14(13-21-11-6-4-5-7-12-21)18-10-8-9-17-15(2)19-20-16(17)3/h14,18H,4-13H2,1-3H3,(H,19,20)/t14-/m0/s1. The van der Waals surface area contributed by atoms with Gasteiger partial charge in [0.05, 0.1) is 5.69 Å². The van der Waals surface area contributed by atoms with E-state index in [-0.39, 0.29) is 0 Å². The lowest BCUT2D eigenvalue weighted by molar-refractivity contribution is 0.256. The normalized spacial score (nSPS) is 18.6. The number of nitrogens with one attached hydrogen (secondary N) is 2. The number of rotatable bonds is 7. The van der Waals surface area contributed by atoms with E-state index in [0.717, 1.165) is 18.7 Å². The van der Waals surface area contributed by atoms with Crippen LogP contribution in [0.2, 0.25) is 0 Å². The number of aromatic nitrogens is 2. The van der Waals surface area contributed by atoms with Gasteiger partial charge in [0.15, 0.2) is 0 Å². The fraction of sp³-hybridized carbons (Fsp3) is 0.824. The number of aromatic amines is 1. The summed E-state index contributed by atoms with van der Waals surface area (Å²) in [5, 5.41) is 11.0. The Kier molecular flexibility index (Phi) is 6.71. The van der Waals surface area contributed by atoms with Crippen molar-refractivity contribution in [1.29, 1.82) is 0 Å². The predicted octanol–water partition coefficient (Wildman–Crippen LogP) is 2.81. The molecule has 2 rings (SSSR count). The van der Waals surface area contributed by atoms with Crippen LogP contribution in [0.25, 0.3) is 0 Å². The summed E-state index contributed by atoms with van der Waals surface area (Å²) in [6, 6.07) is 0.592. The number of likely N-dealkylation sites (tertiary alicyclic amines) is 1. The van der Waals surface area contributed by atoms with Gasteiger partial charge < -0.3 is 10.2 Å². The first-order valence-corrected chi connectivity index (χ1v) is 8.63. The summed E-state index contributed by atoms with van der Waals surface area (Å²) >= 11 is 0. The van der Waals surface area contributed by atoms with Crippen molar-refractivity contribution < 1.29 is 0 Å². The van der Waals surface area contributed by atoms with Crippen LogP contribution in [0.4, 0.5) is 0 Å². The third kappa shape index (κ3) is 5.44. The van der Waals surface area contributed by atoms with E-state index < -0.39 is 0 Å². The second kappa shape index (κ2) is 8.54. The number of hydrogen-bond donors (Lipinski definition) is 2. The second-order valence-electron chi connectivity index (χ2n) is 6.59. The molecule has 0 spiro atoms. The zero-order valence-electron chi connectivity index (χ0n) is 14.0. The highest BCUT2D eigenvalue weighted by Crippen LogP contribution is 2.12. The first kappa shape index (κ1) is 16.5. The van der Waals surface area contributed by atoms with E-state index in [2.05, 4.69) is 41.2 Å². The Morgan fingerprint density at radius 3 is 2.52 bits per heavy atom. The molecule has 1 aromatic heterocycles. The van der Waals surface area contributed by atoms with Gasteiger partial charge in [-0.05, 0) is 71.7 Å². The molecular formula is C17H32N4. The van der Waals surface area contributed by atoms with E-state index in [1.54, 1.807) is 0 Å². The minimum absolute atomic E-state index is 0.592. The fourth-order valence-electron chi connectivity index (χ4n) is 3.33. The number of H-pyrrole nitrogens is 1. The number of hydrogen-bond acceptors (Lipinski definition) is 3. The van der Waals surface area contributed by atoms with Crippen LogP contribution >= 0.6 is 0 Å². The third-order valence-electron chi connectivity index (χ3n) is 4.61. The highest BCUT2D eigenvalue weighted by atomic mass is 15.1. The summed E-state index contributed by atoms with van der Waals surface area (Å²) < 4.78 is 0. The van der Waals surface area contributed by atoms with Crippen LogP contribution in [-0.4, -0.2) is 47.3 Å². The SMILES string of the molecule is Cc1n[nH]c(C)c1CCCN[C@@H](C)CN1CCCCCC1. The highest BCUT2D eigenvalue weighted by Gasteiger charge is 2.12. The van der Waals surface area contributed by atoms with Gasteiger partial charge in [-0.1, -0.05) is 12.8 Å². The molecule has 1 aliphatic heterocycles. The minimum atomic E-state index is 0.592. The smallest absolute Gasteiger partial charge is 0.0625 e. The average molecular weight is 292 g/mol. The Morgan fingerprint density at radius 2 is 1.90 bits per heavy atom. The van der Waals surface area contributed by atoms with Gasteiger partial charge in [-0.25, -0.2) is 0 Å². The molecule has 4 heteroatoms. The molecule has 0 amide bonds. The van der Waals surface area contributed by atoms with Crippen LogP contribution in [-0.2, 0) is 6.42 Å². The maximum Gasteiger partial charge on any atom is 0.0625 e. The number of nitrogens with zero attached hydrogens (tertiary/aromatic N) is 2. The summed E-state index contributed by atoms with van der Waals surface area (Å²) in [7, 11) is 0. The third-order valence-corrected chi connectivity index (χ3v) is 4.61. The molecule has 0 aliphatic carbocycles. The largest absolute Gasteiger partial charge is 0.313 e. The van der Waals surface area contributed by atoms with Crippen LogP contribution in [0.15, 0.2) is 0 Å². The maximum absolute atomic E-state index is 4.26. The van der Waals surface area contributed by atoms with E-state index >= 15 is 0 Å². The Labute approximate surface area is 129 Å². The Balaban J connectivity index is 1.61.